The summed E-state index contributed by atoms with van der Waals surface area (Å²) in [4.78, 5) is 3.44. The smallest absolute Gasteiger partial charge is 0.0673 e. The van der Waals surface area contributed by atoms with Crippen molar-refractivity contribution in [2.45, 2.75) is 52.4 Å². The molecule has 2 aromatic carbocycles. The van der Waals surface area contributed by atoms with E-state index in [9.17, 15) is 10.4 Å². The number of nitrogens with one attached hydrogen (secondary N) is 1. The lowest BCUT2D eigenvalue weighted by Crippen LogP contribution is -2.09. The Kier molecular flexibility index (Phi) is 5.00. The number of hydrogen-bond donors (Lipinski definition) is 3. The Morgan fingerprint density at radius 1 is 1.29 bits per heavy atom. The van der Waals surface area contributed by atoms with Gasteiger partial charge in [-0.05, 0) is 67.5 Å². The van der Waals surface area contributed by atoms with Crippen molar-refractivity contribution in [3.05, 3.63) is 46.2 Å². The summed E-state index contributed by atoms with van der Waals surface area (Å²) < 4.78 is 0. The number of benzene rings is 2. The van der Waals surface area contributed by atoms with Crippen LogP contribution in [0.5, 0.6) is 0 Å². The molecular formula is C22H27N4O2-. The molecule has 6 nitrogen and oxygen atoms in total. The third-order valence-corrected chi connectivity index (χ3v) is 6.26. The normalized spacial score (nSPS) is 15.8. The predicted octanol–water partition coefficient (Wildman–Crippen LogP) is 5.26. The average molecular weight is 379 g/mol. The Bertz CT molecular complexity index is 1050. The number of nitrogens with two attached hydrogens (primary N) is 1. The first-order valence-corrected chi connectivity index (χ1v) is 9.98. The van der Waals surface area contributed by atoms with Crippen molar-refractivity contribution >= 4 is 33.2 Å². The van der Waals surface area contributed by atoms with Crippen LogP contribution in [0.2, 0.25) is 0 Å². The van der Waals surface area contributed by atoms with Gasteiger partial charge in [0.1, 0.15) is 0 Å². The summed E-state index contributed by atoms with van der Waals surface area (Å²) in [5.41, 5.74) is 5.83. The van der Waals surface area contributed by atoms with Gasteiger partial charge in [0.2, 0.25) is 0 Å². The fourth-order valence-corrected chi connectivity index (χ4v) is 4.69. The molecule has 0 bridgehead atoms. The number of anilines is 1. The molecule has 0 radical (unpaired) electrons. The van der Waals surface area contributed by atoms with E-state index in [0.29, 0.717) is 0 Å². The molecule has 0 spiro atoms. The maximum atomic E-state index is 11.6. The van der Waals surface area contributed by atoms with E-state index in [2.05, 4.69) is 22.2 Å². The van der Waals surface area contributed by atoms with Crippen LogP contribution in [0.15, 0.2) is 29.4 Å². The van der Waals surface area contributed by atoms with E-state index < -0.39 is 0 Å². The summed E-state index contributed by atoms with van der Waals surface area (Å²) in [6, 6.07) is 7.89. The second-order valence-electron chi connectivity index (χ2n) is 8.01. The number of aryl methyl sites for hydroxylation is 2. The van der Waals surface area contributed by atoms with E-state index in [1.807, 2.05) is 19.9 Å². The molecule has 3 aromatic rings. The fraction of sp³-hybridized carbons (Fsp3) is 0.409. The first-order valence-electron chi connectivity index (χ1n) is 9.98. The molecule has 1 aliphatic carbocycles. The molecule has 148 valence electrons. The molecule has 4 rings (SSSR count). The van der Waals surface area contributed by atoms with Crippen molar-refractivity contribution in [1.82, 2.24) is 4.98 Å². The first kappa shape index (κ1) is 18.8. The zero-order valence-electron chi connectivity index (χ0n) is 16.5. The van der Waals surface area contributed by atoms with Crippen LogP contribution in [0.25, 0.3) is 21.8 Å². The summed E-state index contributed by atoms with van der Waals surface area (Å²) in [6.45, 7) is 3.79. The maximum Gasteiger partial charge on any atom is 0.0673 e. The molecule has 1 aromatic heterocycles. The number of aromatic nitrogens is 1. The molecule has 0 aliphatic heterocycles. The Balaban J connectivity index is 1.77. The van der Waals surface area contributed by atoms with E-state index in [1.54, 1.807) is 6.07 Å². The number of hydrazone groups is 1. The van der Waals surface area contributed by atoms with Gasteiger partial charge in [-0.15, -0.1) is 0 Å². The lowest BCUT2D eigenvalue weighted by atomic mass is 9.95. The summed E-state index contributed by atoms with van der Waals surface area (Å²) in [5.74, 6) is 6.52. The lowest BCUT2D eigenvalue weighted by molar-refractivity contribution is 0.296. The quantitative estimate of drug-likeness (QED) is 0.319. The van der Waals surface area contributed by atoms with Gasteiger partial charge in [0.05, 0.1) is 11.4 Å². The van der Waals surface area contributed by atoms with Gasteiger partial charge >= 0.3 is 0 Å². The van der Waals surface area contributed by atoms with E-state index in [4.69, 9.17) is 5.84 Å². The van der Waals surface area contributed by atoms with Crippen LogP contribution in [0, 0.1) is 25.0 Å². The molecule has 0 amide bonds. The third-order valence-electron chi connectivity index (χ3n) is 6.26. The van der Waals surface area contributed by atoms with Gasteiger partial charge in [-0.25, -0.2) is 0 Å². The van der Waals surface area contributed by atoms with Crippen molar-refractivity contribution in [3.63, 3.8) is 0 Å². The summed E-state index contributed by atoms with van der Waals surface area (Å²) in [5, 5.41) is 27.1. The highest BCUT2D eigenvalue weighted by Gasteiger charge is 2.18. The standard InChI is InChI=1S/C22H27N4O2/c1-13-11-20(26(27)28)14(2)21-17-12-16(8-10-19(17)24-22(13)21)18(25-23)9-7-15-5-3-4-6-15/h8,10-12,15,24,27H,3-7,9,23H2,1-2H3/q-1/b25-18+. The molecule has 1 aliphatic rings. The number of fused-ring (bicyclic) bond motifs is 3. The molecule has 1 fully saturated rings. The maximum absolute atomic E-state index is 11.6. The minimum atomic E-state index is -0.0567. The average Bonchev–Trinajstić information content (AvgIpc) is 3.32. The topological polar surface area (TPSA) is 101 Å². The number of nitrogens with zero attached hydrogens (tertiary/aromatic N) is 2. The zero-order chi connectivity index (χ0) is 19.8. The SMILES string of the molecule is Cc1cc(N([O-])O)c(C)c2c1[nH]c1ccc(/C(CCC3CCCC3)=N/N)cc12. The van der Waals surface area contributed by atoms with Crippen LogP contribution in [0.4, 0.5) is 5.69 Å². The molecule has 4 N–H and O–H groups in total. The molecule has 6 heteroatoms. The van der Waals surface area contributed by atoms with Gasteiger partial charge in [0.15, 0.2) is 0 Å². The molecule has 0 unspecified atom stereocenters. The second kappa shape index (κ2) is 7.45. The van der Waals surface area contributed by atoms with E-state index in [0.717, 1.165) is 63.0 Å². The molecular weight excluding hydrogens is 352 g/mol. The summed E-state index contributed by atoms with van der Waals surface area (Å²) in [6.07, 6.45) is 7.30. The molecule has 1 saturated carbocycles. The Morgan fingerprint density at radius 3 is 2.71 bits per heavy atom. The van der Waals surface area contributed by atoms with E-state index in [1.165, 1.54) is 25.7 Å². The van der Waals surface area contributed by atoms with Gasteiger partial charge < -0.3 is 21.3 Å². The number of rotatable bonds is 5. The summed E-state index contributed by atoms with van der Waals surface area (Å²) in [7, 11) is 0. The van der Waals surface area contributed by atoms with Gasteiger partial charge in [0.25, 0.3) is 0 Å². The van der Waals surface area contributed by atoms with Crippen LogP contribution in [-0.4, -0.2) is 15.9 Å². The van der Waals surface area contributed by atoms with Gasteiger partial charge in [-0.2, -0.15) is 5.10 Å². The fourth-order valence-electron chi connectivity index (χ4n) is 4.69. The number of aromatic amines is 1. The monoisotopic (exact) mass is 379 g/mol. The van der Waals surface area contributed by atoms with Gasteiger partial charge in [-0.1, -0.05) is 31.7 Å². The molecule has 28 heavy (non-hydrogen) atoms. The van der Waals surface area contributed by atoms with Crippen LogP contribution < -0.4 is 11.1 Å². The van der Waals surface area contributed by atoms with Gasteiger partial charge in [0, 0.05) is 21.8 Å². The lowest BCUT2D eigenvalue weighted by Gasteiger charge is -2.24. The number of hydrogen-bond acceptors (Lipinski definition) is 5. The predicted molar refractivity (Wildman–Crippen MR) is 115 cm³/mol. The van der Waals surface area contributed by atoms with Crippen molar-refractivity contribution in [2.24, 2.45) is 16.9 Å². The number of H-pyrrole nitrogens is 1. The van der Waals surface area contributed by atoms with E-state index >= 15 is 0 Å². The van der Waals surface area contributed by atoms with Crippen molar-refractivity contribution in [2.75, 3.05) is 5.23 Å². The van der Waals surface area contributed by atoms with Crippen LogP contribution in [0.3, 0.4) is 0 Å². The largest absolute Gasteiger partial charge is 0.733 e. The third kappa shape index (κ3) is 3.23. The van der Waals surface area contributed by atoms with E-state index in [-0.39, 0.29) is 10.9 Å². The van der Waals surface area contributed by atoms with Crippen LogP contribution in [0.1, 0.15) is 55.2 Å². The van der Waals surface area contributed by atoms with Crippen LogP contribution >= 0.6 is 0 Å². The Hall–Kier alpha value is -2.57. The van der Waals surface area contributed by atoms with Gasteiger partial charge in [-0.3, -0.25) is 5.21 Å². The van der Waals surface area contributed by atoms with Crippen molar-refractivity contribution in [3.8, 4) is 0 Å². The zero-order valence-corrected chi connectivity index (χ0v) is 16.5. The van der Waals surface area contributed by atoms with Crippen molar-refractivity contribution in [1.29, 1.82) is 0 Å². The van der Waals surface area contributed by atoms with Crippen LogP contribution in [-0.2, 0) is 0 Å². The highest BCUT2D eigenvalue weighted by molar-refractivity contribution is 6.14. The first-order chi connectivity index (χ1) is 13.5. The summed E-state index contributed by atoms with van der Waals surface area (Å²) >= 11 is 0. The minimum absolute atomic E-state index is 0.0567. The minimum Gasteiger partial charge on any atom is -0.733 e. The highest BCUT2D eigenvalue weighted by Crippen LogP contribution is 2.36. The molecule has 0 atom stereocenters. The Labute approximate surface area is 164 Å². The molecule has 1 heterocycles. The molecule has 0 saturated heterocycles. The van der Waals surface area contributed by atoms with Crippen molar-refractivity contribution < 1.29 is 5.21 Å². The second-order valence-corrected chi connectivity index (χ2v) is 8.01. The highest BCUT2D eigenvalue weighted by atomic mass is 16.8. The Morgan fingerprint density at radius 2 is 2.04 bits per heavy atom.